The Hall–Kier alpha value is -3.40. The summed E-state index contributed by atoms with van der Waals surface area (Å²) in [5, 5.41) is 0. The SMILES string of the molecule is CCCCn1c(N)c(N(CCOC)C(=O)c2ccc3nccn3c2)c(=O)[nH]c1=O. The number of nitrogens with zero attached hydrogens (tertiary/aromatic N) is 4. The number of carbonyl (C=O) groups is 1. The number of amides is 1. The Kier molecular flexibility index (Phi) is 6.13. The zero-order chi connectivity index (χ0) is 21.0. The minimum atomic E-state index is -0.714. The van der Waals surface area contributed by atoms with Crippen LogP contribution in [0.1, 0.15) is 30.1 Å². The van der Waals surface area contributed by atoms with Crippen LogP contribution in [0.2, 0.25) is 0 Å². The van der Waals surface area contributed by atoms with Gasteiger partial charge >= 0.3 is 5.69 Å². The molecular weight excluding hydrogens is 376 g/mol. The molecule has 0 aliphatic heterocycles. The molecule has 0 spiro atoms. The molecule has 3 heterocycles. The average Bonchev–Trinajstić information content (AvgIpc) is 3.17. The molecule has 3 aromatic heterocycles. The maximum Gasteiger partial charge on any atom is 0.330 e. The normalized spacial score (nSPS) is 11.1. The third-order valence-corrected chi connectivity index (χ3v) is 4.62. The van der Waals surface area contributed by atoms with Crippen molar-refractivity contribution in [2.45, 2.75) is 26.3 Å². The second-order valence-corrected chi connectivity index (χ2v) is 6.56. The van der Waals surface area contributed by atoms with E-state index in [9.17, 15) is 14.4 Å². The number of methoxy groups -OCH3 is 1. The molecule has 1 amide bonds. The van der Waals surface area contributed by atoms with Crippen LogP contribution in [0, 0.1) is 0 Å². The predicted molar refractivity (Wildman–Crippen MR) is 109 cm³/mol. The second kappa shape index (κ2) is 8.74. The van der Waals surface area contributed by atoms with Crippen LogP contribution in [0.3, 0.4) is 0 Å². The molecule has 3 N–H and O–H groups in total. The Bertz CT molecular complexity index is 1130. The molecule has 0 atom stereocenters. The van der Waals surface area contributed by atoms with Gasteiger partial charge in [-0.25, -0.2) is 9.78 Å². The van der Waals surface area contributed by atoms with Gasteiger partial charge in [-0.3, -0.25) is 24.0 Å². The predicted octanol–water partition coefficient (Wildman–Crippen LogP) is 0.860. The Morgan fingerprint density at radius 3 is 2.86 bits per heavy atom. The van der Waals surface area contributed by atoms with Gasteiger partial charge in [-0.05, 0) is 18.6 Å². The number of fused-ring (bicyclic) bond motifs is 1. The van der Waals surface area contributed by atoms with Crippen LogP contribution in [-0.2, 0) is 11.3 Å². The summed E-state index contributed by atoms with van der Waals surface area (Å²) in [6, 6.07) is 3.33. The summed E-state index contributed by atoms with van der Waals surface area (Å²) in [6.07, 6.45) is 6.52. The Morgan fingerprint density at radius 1 is 1.34 bits per heavy atom. The topological polar surface area (TPSA) is 128 Å². The number of ether oxygens (including phenoxy) is 1. The van der Waals surface area contributed by atoms with Crippen LogP contribution in [0.4, 0.5) is 11.5 Å². The van der Waals surface area contributed by atoms with Crippen molar-refractivity contribution in [3.63, 3.8) is 0 Å². The van der Waals surface area contributed by atoms with E-state index in [-0.39, 0.29) is 24.7 Å². The number of hydrogen-bond acceptors (Lipinski definition) is 6. The average molecular weight is 400 g/mol. The summed E-state index contributed by atoms with van der Waals surface area (Å²) in [4.78, 5) is 45.7. The molecule has 0 radical (unpaired) electrons. The molecule has 0 unspecified atom stereocenters. The fourth-order valence-corrected chi connectivity index (χ4v) is 3.08. The van der Waals surface area contributed by atoms with Gasteiger partial charge < -0.3 is 14.9 Å². The number of hydrogen-bond donors (Lipinski definition) is 2. The first-order valence-electron chi connectivity index (χ1n) is 9.34. The van der Waals surface area contributed by atoms with E-state index in [0.717, 1.165) is 6.42 Å². The summed E-state index contributed by atoms with van der Waals surface area (Å²) in [7, 11) is 1.50. The van der Waals surface area contributed by atoms with Gasteiger partial charge in [-0.15, -0.1) is 0 Å². The molecule has 0 aromatic carbocycles. The van der Waals surface area contributed by atoms with Crippen molar-refractivity contribution < 1.29 is 9.53 Å². The van der Waals surface area contributed by atoms with Gasteiger partial charge in [0, 0.05) is 38.8 Å². The minimum Gasteiger partial charge on any atom is -0.383 e. The van der Waals surface area contributed by atoms with Crippen LogP contribution >= 0.6 is 0 Å². The van der Waals surface area contributed by atoms with Crippen molar-refractivity contribution in [1.29, 1.82) is 0 Å². The van der Waals surface area contributed by atoms with Crippen molar-refractivity contribution in [3.8, 4) is 0 Å². The standard InChI is InChI=1S/C19H24N6O4/c1-3-4-8-25-16(20)15(17(26)22-19(25)28)24(10-11-29-2)18(27)13-5-6-14-21-7-9-23(14)12-13/h5-7,9,12H,3-4,8,10-11,20H2,1-2H3,(H,22,26,28). The highest BCUT2D eigenvalue weighted by molar-refractivity contribution is 6.07. The summed E-state index contributed by atoms with van der Waals surface area (Å²) < 4.78 is 8.10. The number of imidazole rings is 1. The van der Waals surface area contributed by atoms with Gasteiger partial charge in [0.1, 0.15) is 11.5 Å². The van der Waals surface area contributed by atoms with E-state index in [0.29, 0.717) is 24.2 Å². The summed E-state index contributed by atoms with van der Waals surface area (Å²) in [5.41, 5.74) is 5.85. The largest absolute Gasteiger partial charge is 0.383 e. The molecule has 0 bridgehead atoms. The van der Waals surface area contributed by atoms with E-state index in [4.69, 9.17) is 10.5 Å². The zero-order valence-corrected chi connectivity index (χ0v) is 16.4. The molecule has 0 aliphatic rings. The Labute approximate surface area is 166 Å². The van der Waals surface area contributed by atoms with Gasteiger partial charge in [0.15, 0.2) is 5.69 Å². The number of carbonyl (C=O) groups excluding carboxylic acids is 1. The van der Waals surface area contributed by atoms with Gasteiger partial charge in [0.25, 0.3) is 11.5 Å². The number of aromatic amines is 1. The lowest BCUT2D eigenvalue weighted by Gasteiger charge is -2.24. The quantitative estimate of drug-likeness (QED) is 0.577. The van der Waals surface area contributed by atoms with Gasteiger partial charge in [-0.2, -0.15) is 0 Å². The number of H-pyrrole nitrogens is 1. The number of unbranched alkanes of at least 4 members (excludes halogenated alkanes) is 1. The highest BCUT2D eigenvalue weighted by atomic mass is 16.5. The molecule has 0 saturated heterocycles. The van der Waals surface area contributed by atoms with E-state index < -0.39 is 17.2 Å². The lowest BCUT2D eigenvalue weighted by atomic mass is 10.2. The van der Waals surface area contributed by atoms with E-state index in [2.05, 4.69) is 9.97 Å². The van der Waals surface area contributed by atoms with Crippen molar-refractivity contribution >= 4 is 23.1 Å². The summed E-state index contributed by atoms with van der Waals surface area (Å²) in [6.45, 7) is 2.61. The molecular formula is C19H24N6O4. The third-order valence-electron chi connectivity index (χ3n) is 4.62. The maximum absolute atomic E-state index is 13.3. The molecule has 154 valence electrons. The van der Waals surface area contributed by atoms with Crippen LogP contribution in [0.25, 0.3) is 5.65 Å². The molecule has 3 aromatic rings. The first-order chi connectivity index (χ1) is 14.0. The second-order valence-electron chi connectivity index (χ2n) is 6.56. The van der Waals surface area contributed by atoms with E-state index in [1.807, 2.05) is 6.92 Å². The molecule has 0 fully saturated rings. The smallest absolute Gasteiger partial charge is 0.330 e. The van der Waals surface area contributed by atoms with Crippen molar-refractivity contribution in [1.82, 2.24) is 18.9 Å². The van der Waals surface area contributed by atoms with E-state index >= 15 is 0 Å². The monoisotopic (exact) mass is 400 g/mol. The maximum atomic E-state index is 13.3. The fraction of sp³-hybridized carbons (Fsp3) is 0.368. The Morgan fingerprint density at radius 2 is 2.14 bits per heavy atom. The first kappa shape index (κ1) is 20.3. The number of nitrogens with one attached hydrogen (secondary N) is 1. The molecule has 10 nitrogen and oxygen atoms in total. The van der Waals surface area contributed by atoms with Crippen LogP contribution in [-0.4, -0.2) is 45.1 Å². The highest BCUT2D eigenvalue weighted by Gasteiger charge is 2.25. The van der Waals surface area contributed by atoms with Crippen molar-refractivity contribution in [2.24, 2.45) is 0 Å². The molecule has 10 heteroatoms. The lowest BCUT2D eigenvalue weighted by molar-refractivity contribution is 0.0975. The van der Waals surface area contributed by atoms with Crippen LogP contribution < -0.4 is 21.9 Å². The van der Waals surface area contributed by atoms with Crippen molar-refractivity contribution in [2.75, 3.05) is 30.9 Å². The van der Waals surface area contributed by atoms with Gasteiger partial charge in [0.2, 0.25) is 0 Å². The molecule has 29 heavy (non-hydrogen) atoms. The third kappa shape index (κ3) is 4.06. The molecule has 0 saturated carbocycles. The number of anilines is 2. The summed E-state index contributed by atoms with van der Waals surface area (Å²) >= 11 is 0. The number of pyridine rings is 1. The van der Waals surface area contributed by atoms with Crippen LogP contribution in [0.5, 0.6) is 0 Å². The first-order valence-corrected chi connectivity index (χ1v) is 9.34. The summed E-state index contributed by atoms with van der Waals surface area (Å²) in [5.74, 6) is -0.476. The highest BCUT2D eigenvalue weighted by Crippen LogP contribution is 2.20. The van der Waals surface area contributed by atoms with Crippen molar-refractivity contribution in [3.05, 3.63) is 57.1 Å². The van der Waals surface area contributed by atoms with Gasteiger partial charge in [0.05, 0.1) is 12.2 Å². The molecule has 0 aliphatic carbocycles. The fourth-order valence-electron chi connectivity index (χ4n) is 3.08. The van der Waals surface area contributed by atoms with E-state index in [1.54, 1.807) is 35.1 Å². The Balaban J connectivity index is 2.09. The molecule has 3 rings (SSSR count). The minimum absolute atomic E-state index is 0.0413. The number of aromatic nitrogens is 4. The van der Waals surface area contributed by atoms with Gasteiger partial charge in [-0.1, -0.05) is 13.3 Å². The number of nitrogens with two attached hydrogens (primary N) is 1. The van der Waals surface area contributed by atoms with Crippen LogP contribution in [0.15, 0.2) is 40.3 Å². The lowest BCUT2D eigenvalue weighted by Crippen LogP contribution is -2.42. The number of rotatable bonds is 8. The van der Waals surface area contributed by atoms with E-state index in [1.165, 1.54) is 16.6 Å². The zero-order valence-electron chi connectivity index (χ0n) is 16.4. The number of nitrogen functional groups attached to an aromatic ring is 1.